The zero-order chi connectivity index (χ0) is 16.0. The fraction of sp³-hybridized carbons (Fsp3) is 0.429. The standard InChI is InChI=1S/C14H19NO6/c1-8(16)15-7-12(17)14(20)11-6-10(21-2)4-3-9(11)5-13(18)19/h3-4,6,12,14,17,20H,5,7H2,1-2H3,(H,15,16)(H,18,19). The largest absolute Gasteiger partial charge is 0.497 e. The molecule has 0 spiro atoms. The molecule has 2 atom stereocenters. The second-order valence-electron chi connectivity index (χ2n) is 4.58. The topological polar surface area (TPSA) is 116 Å². The molecule has 1 aromatic rings. The van der Waals surface area contributed by atoms with Gasteiger partial charge in [-0.05, 0) is 23.3 Å². The summed E-state index contributed by atoms with van der Waals surface area (Å²) in [5.41, 5.74) is 0.632. The van der Waals surface area contributed by atoms with Gasteiger partial charge in [0, 0.05) is 13.5 Å². The smallest absolute Gasteiger partial charge is 0.307 e. The number of carbonyl (C=O) groups is 2. The van der Waals surface area contributed by atoms with Gasteiger partial charge in [0.15, 0.2) is 0 Å². The first-order chi connectivity index (χ1) is 9.85. The number of aliphatic hydroxyl groups is 2. The van der Waals surface area contributed by atoms with E-state index in [0.29, 0.717) is 11.3 Å². The van der Waals surface area contributed by atoms with Gasteiger partial charge in [0.05, 0.1) is 13.5 Å². The highest BCUT2D eigenvalue weighted by atomic mass is 16.5. The van der Waals surface area contributed by atoms with Gasteiger partial charge in [-0.25, -0.2) is 0 Å². The molecule has 4 N–H and O–H groups in total. The number of nitrogens with one attached hydrogen (secondary N) is 1. The third-order valence-corrected chi connectivity index (χ3v) is 2.94. The zero-order valence-corrected chi connectivity index (χ0v) is 11.9. The second-order valence-corrected chi connectivity index (χ2v) is 4.58. The van der Waals surface area contributed by atoms with E-state index in [-0.39, 0.29) is 24.4 Å². The van der Waals surface area contributed by atoms with Crippen molar-refractivity contribution in [3.8, 4) is 5.75 Å². The Hall–Kier alpha value is -2.12. The van der Waals surface area contributed by atoms with E-state index in [0.717, 1.165) is 0 Å². The van der Waals surface area contributed by atoms with E-state index in [1.54, 1.807) is 6.07 Å². The molecule has 7 nitrogen and oxygen atoms in total. The molecule has 116 valence electrons. The average Bonchev–Trinajstić information content (AvgIpc) is 2.43. The minimum atomic E-state index is -1.33. The molecular formula is C14H19NO6. The van der Waals surface area contributed by atoms with Crippen molar-refractivity contribution in [2.75, 3.05) is 13.7 Å². The van der Waals surface area contributed by atoms with Gasteiger partial charge in [-0.1, -0.05) is 6.07 Å². The van der Waals surface area contributed by atoms with Crippen LogP contribution in [0.4, 0.5) is 0 Å². The molecule has 21 heavy (non-hydrogen) atoms. The van der Waals surface area contributed by atoms with E-state index < -0.39 is 18.2 Å². The lowest BCUT2D eigenvalue weighted by atomic mass is 9.96. The van der Waals surface area contributed by atoms with Crippen molar-refractivity contribution in [2.45, 2.75) is 25.6 Å². The molecule has 2 unspecified atom stereocenters. The highest BCUT2D eigenvalue weighted by Gasteiger charge is 2.22. The summed E-state index contributed by atoms with van der Waals surface area (Å²) in [5, 5.41) is 31.3. The Balaban J connectivity index is 3.00. The van der Waals surface area contributed by atoms with Gasteiger partial charge in [-0.15, -0.1) is 0 Å². The van der Waals surface area contributed by atoms with Gasteiger partial charge in [-0.3, -0.25) is 9.59 Å². The van der Waals surface area contributed by atoms with Crippen molar-refractivity contribution < 1.29 is 29.6 Å². The molecular weight excluding hydrogens is 278 g/mol. The maximum absolute atomic E-state index is 10.9. The van der Waals surface area contributed by atoms with Crippen LogP contribution in [0.2, 0.25) is 0 Å². The summed E-state index contributed by atoms with van der Waals surface area (Å²) < 4.78 is 5.03. The third kappa shape index (κ3) is 5.05. The fourth-order valence-corrected chi connectivity index (χ4v) is 1.87. The highest BCUT2D eigenvalue weighted by Crippen LogP contribution is 2.26. The molecule has 0 aromatic heterocycles. The van der Waals surface area contributed by atoms with E-state index in [1.807, 2.05) is 0 Å². The zero-order valence-electron chi connectivity index (χ0n) is 11.9. The van der Waals surface area contributed by atoms with Crippen molar-refractivity contribution in [3.05, 3.63) is 29.3 Å². The van der Waals surface area contributed by atoms with Crippen molar-refractivity contribution in [2.24, 2.45) is 0 Å². The minimum Gasteiger partial charge on any atom is -0.497 e. The summed E-state index contributed by atoms with van der Waals surface area (Å²) in [6.07, 6.45) is -2.88. The summed E-state index contributed by atoms with van der Waals surface area (Å²) in [6.45, 7) is 1.15. The number of ether oxygens (including phenoxy) is 1. The first kappa shape index (κ1) is 16.9. The van der Waals surface area contributed by atoms with Gasteiger partial charge in [0.25, 0.3) is 0 Å². The molecule has 0 bridgehead atoms. The van der Waals surface area contributed by atoms with Crippen LogP contribution in [0.1, 0.15) is 24.2 Å². The number of aliphatic carboxylic acids is 1. The quantitative estimate of drug-likeness (QED) is 0.556. The van der Waals surface area contributed by atoms with Gasteiger partial charge in [0.1, 0.15) is 18.0 Å². The van der Waals surface area contributed by atoms with Gasteiger partial charge in [0.2, 0.25) is 5.91 Å². The van der Waals surface area contributed by atoms with E-state index in [1.165, 1.54) is 26.2 Å². The molecule has 1 amide bonds. The Labute approximate surface area is 122 Å². The Kier molecular flexibility index (Phi) is 6.13. The fourth-order valence-electron chi connectivity index (χ4n) is 1.87. The predicted molar refractivity (Wildman–Crippen MR) is 74.0 cm³/mol. The molecule has 0 heterocycles. The maximum Gasteiger partial charge on any atom is 0.307 e. The first-order valence-electron chi connectivity index (χ1n) is 6.34. The molecule has 0 saturated carbocycles. The average molecular weight is 297 g/mol. The van der Waals surface area contributed by atoms with Crippen LogP contribution in [-0.4, -0.2) is 47.0 Å². The molecule has 0 aliphatic heterocycles. The molecule has 0 aliphatic rings. The molecule has 7 heteroatoms. The van der Waals surface area contributed by atoms with Crippen LogP contribution in [0, 0.1) is 0 Å². The van der Waals surface area contributed by atoms with Gasteiger partial charge >= 0.3 is 5.97 Å². The molecule has 0 saturated heterocycles. The molecule has 0 radical (unpaired) electrons. The van der Waals surface area contributed by atoms with Crippen LogP contribution < -0.4 is 10.1 Å². The van der Waals surface area contributed by atoms with E-state index in [4.69, 9.17) is 9.84 Å². The number of methoxy groups -OCH3 is 1. The van der Waals surface area contributed by atoms with E-state index in [2.05, 4.69) is 5.32 Å². The lowest BCUT2D eigenvalue weighted by Gasteiger charge is -2.21. The summed E-state index contributed by atoms with van der Waals surface area (Å²) in [6, 6.07) is 4.57. The summed E-state index contributed by atoms with van der Waals surface area (Å²) in [7, 11) is 1.44. The molecule has 0 fully saturated rings. The monoisotopic (exact) mass is 297 g/mol. The van der Waals surface area contributed by atoms with Crippen molar-refractivity contribution >= 4 is 11.9 Å². The van der Waals surface area contributed by atoms with Gasteiger partial charge < -0.3 is 25.4 Å². The second kappa shape index (κ2) is 7.61. The van der Waals surface area contributed by atoms with Crippen LogP contribution in [0.3, 0.4) is 0 Å². The summed E-state index contributed by atoms with van der Waals surface area (Å²) >= 11 is 0. The third-order valence-electron chi connectivity index (χ3n) is 2.94. The van der Waals surface area contributed by atoms with Gasteiger partial charge in [-0.2, -0.15) is 0 Å². The Morgan fingerprint density at radius 1 is 1.33 bits per heavy atom. The van der Waals surface area contributed by atoms with Crippen LogP contribution in [-0.2, 0) is 16.0 Å². The number of carbonyl (C=O) groups excluding carboxylic acids is 1. The number of carboxylic acids is 1. The maximum atomic E-state index is 10.9. The van der Waals surface area contributed by atoms with Crippen LogP contribution >= 0.6 is 0 Å². The number of hydrogen-bond donors (Lipinski definition) is 4. The number of carboxylic acid groups (broad SMARTS) is 1. The lowest BCUT2D eigenvalue weighted by Crippen LogP contribution is -2.34. The van der Waals surface area contributed by atoms with Crippen LogP contribution in [0.25, 0.3) is 0 Å². The Morgan fingerprint density at radius 2 is 2.00 bits per heavy atom. The summed E-state index contributed by atoms with van der Waals surface area (Å²) in [5.74, 6) is -0.951. The number of amides is 1. The number of benzene rings is 1. The van der Waals surface area contributed by atoms with Crippen molar-refractivity contribution in [1.29, 1.82) is 0 Å². The SMILES string of the molecule is COc1ccc(CC(=O)O)c(C(O)C(O)CNC(C)=O)c1. The normalized spacial score (nSPS) is 13.3. The van der Waals surface area contributed by atoms with E-state index >= 15 is 0 Å². The minimum absolute atomic E-state index is 0.139. The van der Waals surface area contributed by atoms with Crippen LogP contribution in [0.5, 0.6) is 5.75 Å². The predicted octanol–water partition coefficient (Wildman–Crippen LogP) is -0.147. The lowest BCUT2D eigenvalue weighted by molar-refractivity contribution is -0.136. The number of rotatable bonds is 7. The van der Waals surface area contributed by atoms with Crippen LogP contribution in [0.15, 0.2) is 18.2 Å². The summed E-state index contributed by atoms with van der Waals surface area (Å²) in [4.78, 5) is 21.7. The Bertz CT molecular complexity index is 516. The first-order valence-corrected chi connectivity index (χ1v) is 6.34. The Morgan fingerprint density at radius 3 is 2.52 bits per heavy atom. The molecule has 0 aliphatic carbocycles. The molecule has 1 aromatic carbocycles. The van der Waals surface area contributed by atoms with E-state index in [9.17, 15) is 19.8 Å². The highest BCUT2D eigenvalue weighted by molar-refractivity contribution is 5.73. The molecule has 1 rings (SSSR count). The van der Waals surface area contributed by atoms with Crippen molar-refractivity contribution in [1.82, 2.24) is 5.32 Å². The van der Waals surface area contributed by atoms with Crippen molar-refractivity contribution in [3.63, 3.8) is 0 Å². The number of hydrogen-bond acceptors (Lipinski definition) is 5. The number of aliphatic hydroxyl groups excluding tert-OH is 2.